The Hall–Kier alpha value is -1.99. The summed E-state index contributed by atoms with van der Waals surface area (Å²) in [6.07, 6.45) is -5.41. The predicted molar refractivity (Wildman–Crippen MR) is 53.5 cm³/mol. The van der Waals surface area contributed by atoms with E-state index < -0.39 is 24.6 Å². The third-order valence-corrected chi connectivity index (χ3v) is 1.91. The van der Waals surface area contributed by atoms with Crippen LogP contribution in [0.1, 0.15) is 11.3 Å². The molecule has 0 aliphatic heterocycles. The second kappa shape index (κ2) is 5.11. The van der Waals surface area contributed by atoms with Gasteiger partial charge in [0.1, 0.15) is 0 Å². The summed E-state index contributed by atoms with van der Waals surface area (Å²) in [5, 5.41) is 8.66. The summed E-state index contributed by atoms with van der Waals surface area (Å²) in [5.74, 6) is -2.32. The van der Waals surface area contributed by atoms with Gasteiger partial charge in [0.2, 0.25) is 0 Å². The maximum atomic E-state index is 12.1. The molecule has 0 aliphatic rings. The van der Waals surface area contributed by atoms with Gasteiger partial charge in [0.25, 0.3) is 5.88 Å². The maximum absolute atomic E-state index is 12.1. The molecular weight excluding hydrogens is 255 g/mol. The van der Waals surface area contributed by atoms with E-state index in [1.165, 1.54) is 13.0 Å². The summed E-state index contributed by atoms with van der Waals surface area (Å²) in [6, 6.07) is 1.33. The summed E-state index contributed by atoms with van der Waals surface area (Å²) in [6.45, 7) is 1.42. The van der Waals surface area contributed by atoms with Gasteiger partial charge in [-0.15, -0.1) is 13.2 Å². The van der Waals surface area contributed by atoms with Gasteiger partial charge in [-0.25, -0.2) is 4.98 Å². The molecule has 0 amide bonds. The number of alkyl halides is 3. The zero-order valence-electron chi connectivity index (χ0n) is 9.54. The van der Waals surface area contributed by atoms with Gasteiger partial charge in [-0.3, -0.25) is 4.79 Å². The monoisotopic (exact) mass is 265 g/mol. The summed E-state index contributed by atoms with van der Waals surface area (Å²) < 4.78 is 44.9. The van der Waals surface area contributed by atoms with Crippen LogP contribution in [0.25, 0.3) is 0 Å². The number of carboxylic acids is 1. The number of methoxy groups -OCH3 is 1. The molecule has 1 N–H and O–H groups in total. The number of carboxylic acid groups (broad SMARTS) is 1. The number of pyridine rings is 1. The first kappa shape index (κ1) is 14.1. The van der Waals surface area contributed by atoms with Crippen molar-refractivity contribution in [2.45, 2.75) is 19.7 Å². The van der Waals surface area contributed by atoms with Crippen molar-refractivity contribution in [1.82, 2.24) is 4.98 Å². The normalized spacial score (nSPS) is 11.2. The summed E-state index contributed by atoms with van der Waals surface area (Å²) in [5.41, 5.74) is 0.267. The molecule has 1 rings (SSSR count). The number of aromatic nitrogens is 1. The minimum absolute atomic E-state index is 0.0664. The van der Waals surface area contributed by atoms with E-state index in [4.69, 9.17) is 9.84 Å². The minimum atomic E-state index is -4.92. The second-order valence-corrected chi connectivity index (χ2v) is 3.38. The van der Waals surface area contributed by atoms with Crippen LogP contribution >= 0.6 is 0 Å². The zero-order chi connectivity index (χ0) is 13.9. The number of carbonyl (C=O) groups is 1. The number of halogens is 3. The Bertz CT molecular complexity index is 459. The molecule has 18 heavy (non-hydrogen) atoms. The Kier molecular flexibility index (Phi) is 4.00. The zero-order valence-corrected chi connectivity index (χ0v) is 9.54. The molecule has 0 saturated heterocycles. The third kappa shape index (κ3) is 3.79. The van der Waals surface area contributed by atoms with E-state index in [1.54, 1.807) is 0 Å². The minimum Gasteiger partial charge on any atom is -0.491 e. The lowest BCUT2D eigenvalue weighted by molar-refractivity contribution is -0.276. The van der Waals surface area contributed by atoms with Crippen molar-refractivity contribution in [2.24, 2.45) is 0 Å². The molecule has 0 unspecified atom stereocenters. The number of nitrogens with zero attached hydrogens (tertiary/aromatic N) is 1. The topological polar surface area (TPSA) is 68.7 Å². The highest BCUT2D eigenvalue weighted by Gasteiger charge is 2.34. The fraction of sp³-hybridized carbons (Fsp3) is 0.400. The van der Waals surface area contributed by atoms with E-state index in [9.17, 15) is 18.0 Å². The van der Waals surface area contributed by atoms with Crippen LogP contribution in [0.5, 0.6) is 11.6 Å². The fourth-order valence-electron chi connectivity index (χ4n) is 1.39. The SMILES string of the molecule is COc1c(CC(=O)O)cc(C)nc1OC(F)(F)F. The van der Waals surface area contributed by atoms with Crippen LogP contribution in [0.4, 0.5) is 13.2 Å². The van der Waals surface area contributed by atoms with E-state index in [0.717, 1.165) is 7.11 Å². The van der Waals surface area contributed by atoms with Crippen molar-refractivity contribution in [1.29, 1.82) is 0 Å². The van der Waals surface area contributed by atoms with Crippen molar-refractivity contribution in [3.05, 3.63) is 17.3 Å². The van der Waals surface area contributed by atoms with Gasteiger partial charge in [0.15, 0.2) is 5.75 Å². The van der Waals surface area contributed by atoms with E-state index in [0.29, 0.717) is 0 Å². The van der Waals surface area contributed by atoms with Gasteiger partial charge >= 0.3 is 12.3 Å². The summed E-state index contributed by atoms with van der Waals surface area (Å²) in [4.78, 5) is 14.1. The van der Waals surface area contributed by atoms with Crippen molar-refractivity contribution >= 4 is 5.97 Å². The molecule has 8 heteroatoms. The quantitative estimate of drug-likeness (QED) is 0.900. The van der Waals surface area contributed by atoms with Crippen molar-refractivity contribution in [3.63, 3.8) is 0 Å². The first-order valence-electron chi connectivity index (χ1n) is 4.75. The molecule has 5 nitrogen and oxygen atoms in total. The van der Waals surface area contributed by atoms with E-state index in [2.05, 4.69) is 9.72 Å². The Morgan fingerprint density at radius 2 is 2.11 bits per heavy atom. The van der Waals surface area contributed by atoms with Crippen molar-refractivity contribution in [2.75, 3.05) is 7.11 Å². The molecule has 0 spiro atoms. The van der Waals surface area contributed by atoms with Crippen LogP contribution in [0.3, 0.4) is 0 Å². The molecule has 0 atom stereocenters. The van der Waals surface area contributed by atoms with Gasteiger partial charge in [0.05, 0.1) is 13.5 Å². The molecular formula is C10H10F3NO4. The molecule has 0 aromatic carbocycles. The van der Waals surface area contributed by atoms with Crippen LogP contribution < -0.4 is 9.47 Å². The summed E-state index contributed by atoms with van der Waals surface area (Å²) in [7, 11) is 1.11. The molecule has 0 aliphatic carbocycles. The highest BCUT2D eigenvalue weighted by Crippen LogP contribution is 2.34. The first-order valence-corrected chi connectivity index (χ1v) is 4.75. The number of aryl methyl sites for hydroxylation is 1. The lowest BCUT2D eigenvalue weighted by atomic mass is 10.1. The van der Waals surface area contributed by atoms with Gasteiger partial charge in [-0.05, 0) is 13.0 Å². The molecule has 100 valence electrons. The van der Waals surface area contributed by atoms with E-state index >= 15 is 0 Å². The summed E-state index contributed by atoms with van der Waals surface area (Å²) >= 11 is 0. The molecule has 1 aromatic rings. The van der Waals surface area contributed by atoms with E-state index in [-0.39, 0.29) is 17.0 Å². The molecule has 1 aromatic heterocycles. The van der Waals surface area contributed by atoms with Crippen LogP contribution in [0, 0.1) is 6.92 Å². The Morgan fingerprint density at radius 3 is 2.56 bits per heavy atom. The molecule has 0 saturated carbocycles. The molecule has 0 radical (unpaired) electrons. The van der Waals surface area contributed by atoms with Gasteiger partial charge < -0.3 is 14.6 Å². The third-order valence-electron chi connectivity index (χ3n) is 1.91. The maximum Gasteiger partial charge on any atom is 0.574 e. The highest BCUT2D eigenvalue weighted by molar-refractivity contribution is 5.72. The van der Waals surface area contributed by atoms with Crippen molar-refractivity contribution < 1.29 is 32.5 Å². The van der Waals surface area contributed by atoms with Gasteiger partial charge in [-0.2, -0.15) is 0 Å². The second-order valence-electron chi connectivity index (χ2n) is 3.38. The largest absolute Gasteiger partial charge is 0.574 e. The molecule has 1 heterocycles. The molecule has 0 fully saturated rings. The van der Waals surface area contributed by atoms with Crippen molar-refractivity contribution in [3.8, 4) is 11.6 Å². The smallest absolute Gasteiger partial charge is 0.491 e. The van der Waals surface area contributed by atoms with Crippen LogP contribution in [-0.4, -0.2) is 29.5 Å². The Morgan fingerprint density at radius 1 is 1.50 bits per heavy atom. The highest BCUT2D eigenvalue weighted by atomic mass is 19.4. The number of hydrogen-bond donors (Lipinski definition) is 1. The fourth-order valence-corrected chi connectivity index (χ4v) is 1.39. The van der Waals surface area contributed by atoms with Gasteiger partial charge in [-0.1, -0.05) is 0 Å². The standard InChI is InChI=1S/C10H10F3NO4/c1-5-3-6(4-7(15)16)8(17-2)9(14-5)18-10(11,12)13/h3H,4H2,1-2H3,(H,15,16). The lowest BCUT2D eigenvalue weighted by Gasteiger charge is -2.14. The number of ether oxygens (including phenoxy) is 2. The van der Waals surface area contributed by atoms with Crippen LogP contribution in [0.2, 0.25) is 0 Å². The number of aliphatic carboxylic acids is 1. The first-order chi connectivity index (χ1) is 8.23. The average molecular weight is 265 g/mol. The van der Waals surface area contributed by atoms with Crippen LogP contribution in [-0.2, 0) is 11.2 Å². The van der Waals surface area contributed by atoms with Crippen LogP contribution in [0.15, 0.2) is 6.07 Å². The lowest BCUT2D eigenvalue weighted by Crippen LogP contribution is -2.19. The number of rotatable bonds is 4. The Balaban J connectivity index is 3.24. The average Bonchev–Trinajstić information content (AvgIpc) is 2.13. The predicted octanol–water partition coefficient (Wildman–Crippen LogP) is 1.92. The Labute approximate surface area is 100 Å². The van der Waals surface area contributed by atoms with E-state index in [1.807, 2.05) is 0 Å². The van der Waals surface area contributed by atoms with Gasteiger partial charge in [0, 0.05) is 11.3 Å². The number of hydrogen-bond acceptors (Lipinski definition) is 4. The molecule has 0 bridgehead atoms.